The van der Waals surface area contributed by atoms with Gasteiger partial charge >= 0.3 is 6.18 Å². The Morgan fingerprint density at radius 2 is 1.39 bits per heavy atom. The molecule has 38 heavy (non-hydrogen) atoms. The van der Waals surface area contributed by atoms with E-state index in [9.17, 15) is 18.0 Å². The van der Waals surface area contributed by atoms with Crippen molar-refractivity contribution in [2.24, 2.45) is 0 Å². The molecule has 4 aromatic rings. The molecular formula is C32H30F3NO2. The van der Waals surface area contributed by atoms with Gasteiger partial charge in [0, 0.05) is 18.4 Å². The van der Waals surface area contributed by atoms with Crippen molar-refractivity contribution in [1.82, 2.24) is 5.32 Å². The summed E-state index contributed by atoms with van der Waals surface area (Å²) in [5.74, 6) is 0.519. The van der Waals surface area contributed by atoms with Crippen molar-refractivity contribution in [3.8, 4) is 5.75 Å². The highest BCUT2D eigenvalue weighted by molar-refractivity contribution is 5.78. The van der Waals surface area contributed by atoms with Crippen LogP contribution in [-0.2, 0) is 24.0 Å². The Labute approximate surface area is 221 Å². The molecule has 0 heterocycles. The van der Waals surface area contributed by atoms with Crippen LogP contribution in [-0.4, -0.2) is 11.9 Å². The SMILES string of the molecule is CC(Cc1ccc(OCc2cccc(C(F)(F)F)c2)cc1)NC(=O)CC(c1ccccc1)c1ccccc1. The van der Waals surface area contributed by atoms with E-state index in [1.54, 1.807) is 18.2 Å². The molecule has 1 N–H and O–H groups in total. The average Bonchev–Trinajstić information content (AvgIpc) is 2.92. The van der Waals surface area contributed by atoms with Gasteiger partial charge in [0.05, 0.1) is 5.56 Å². The maximum Gasteiger partial charge on any atom is 0.416 e. The summed E-state index contributed by atoms with van der Waals surface area (Å²) in [4.78, 5) is 13.0. The van der Waals surface area contributed by atoms with Gasteiger partial charge in [-0.3, -0.25) is 4.79 Å². The Hall–Kier alpha value is -4.06. The molecule has 6 heteroatoms. The third kappa shape index (κ3) is 7.72. The summed E-state index contributed by atoms with van der Waals surface area (Å²) in [6.45, 7) is 2.01. The third-order valence-corrected chi connectivity index (χ3v) is 6.33. The summed E-state index contributed by atoms with van der Waals surface area (Å²) in [7, 11) is 0. The molecule has 4 aromatic carbocycles. The van der Waals surface area contributed by atoms with Gasteiger partial charge in [0.1, 0.15) is 12.4 Å². The summed E-state index contributed by atoms with van der Waals surface area (Å²) in [5.41, 5.74) is 2.98. The predicted octanol–water partition coefficient (Wildman–Crippen LogP) is 7.55. The van der Waals surface area contributed by atoms with E-state index in [0.29, 0.717) is 24.2 Å². The first kappa shape index (κ1) is 27.0. The zero-order valence-electron chi connectivity index (χ0n) is 21.1. The van der Waals surface area contributed by atoms with E-state index < -0.39 is 11.7 Å². The quantitative estimate of drug-likeness (QED) is 0.236. The van der Waals surface area contributed by atoms with Crippen molar-refractivity contribution in [3.05, 3.63) is 137 Å². The van der Waals surface area contributed by atoms with E-state index in [2.05, 4.69) is 5.32 Å². The largest absolute Gasteiger partial charge is 0.489 e. The third-order valence-electron chi connectivity index (χ3n) is 6.33. The summed E-state index contributed by atoms with van der Waals surface area (Å²) < 4.78 is 44.4. The second-order valence-corrected chi connectivity index (χ2v) is 9.38. The highest BCUT2D eigenvalue weighted by Gasteiger charge is 2.30. The second kappa shape index (κ2) is 12.5. The lowest BCUT2D eigenvalue weighted by atomic mass is 9.88. The lowest BCUT2D eigenvalue weighted by Gasteiger charge is -2.20. The number of nitrogens with one attached hydrogen (secondary N) is 1. The minimum absolute atomic E-state index is 0.0174. The van der Waals surface area contributed by atoms with Gasteiger partial charge in [0.25, 0.3) is 0 Å². The van der Waals surface area contributed by atoms with E-state index in [0.717, 1.165) is 28.8 Å². The fraction of sp³-hybridized carbons (Fsp3) is 0.219. The van der Waals surface area contributed by atoms with Crippen LogP contribution in [0.2, 0.25) is 0 Å². The highest BCUT2D eigenvalue weighted by Crippen LogP contribution is 2.30. The highest BCUT2D eigenvalue weighted by atomic mass is 19.4. The number of benzene rings is 4. The first-order chi connectivity index (χ1) is 18.3. The summed E-state index contributed by atoms with van der Waals surface area (Å²) in [5, 5.41) is 3.11. The zero-order valence-corrected chi connectivity index (χ0v) is 21.1. The monoisotopic (exact) mass is 517 g/mol. The van der Waals surface area contributed by atoms with Gasteiger partial charge in [-0.1, -0.05) is 84.9 Å². The fourth-order valence-electron chi connectivity index (χ4n) is 4.45. The van der Waals surface area contributed by atoms with E-state index >= 15 is 0 Å². The first-order valence-corrected chi connectivity index (χ1v) is 12.5. The topological polar surface area (TPSA) is 38.3 Å². The molecule has 0 bridgehead atoms. The van der Waals surface area contributed by atoms with Crippen molar-refractivity contribution < 1.29 is 22.7 Å². The van der Waals surface area contributed by atoms with Crippen molar-refractivity contribution in [2.75, 3.05) is 0 Å². The number of rotatable bonds is 10. The Morgan fingerprint density at radius 1 is 0.789 bits per heavy atom. The first-order valence-electron chi connectivity index (χ1n) is 12.5. The van der Waals surface area contributed by atoms with Gasteiger partial charge in [-0.2, -0.15) is 13.2 Å². The number of carbonyl (C=O) groups is 1. The Kier molecular flexibility index (Phi) is 8.85. The van der Waals surface area contributed by atoms with E-state index in [4.69, 9.17) is 4.74 Å². The smallest absolute Gasteiger partial charge is 0.416 e. The number of alkyl halides is 3. The molecule has 0 aliphatic heterocycles. The number of hydrogen-bond donors (Lipinski definition) is 1. The number of hydrogen-bond acceptors (Lipinski definition) is 2. The zero-order chi connectivity index (χ0) is 27.0. The van der Waals surface area contributed by atoms with Crippen LogP contribution in [0.3, 0.4) is 0 Å². The number of halogens is 3. The lowest BCUT2D eigenvalue weighted by Crippen LogP contribution is -2.35. The molecule has 1 amide bonds. The molecule has 4 rings (SSSR count). The Bertz CT molecular complexity index is 1270. The van der Waals surface area contributed by atoms with Gasteiger partial charge in [0.15, 0.2) is 0 Å². The molecular weight excluding hydrogens is 487 g/mol. The molecule has 1 atom stereocenters. The van der Waals surface area contributed by atoms with Gasteiger partial charge in [0.2, 0.25) is 5.91 Å². The lowest BCUT2D eigenvalue weighted by molar-refractivity contribution is -0.137. The molecule has 0 saturated carbocycles. The van der Waals surface area contributed by atoms with E-state index in [1.165, 1.54) is 6.07 Å². The maximum atomic E-state index is 13.0. The van der Waals surface area contributed by atoms with Gasteiger partial charge in [-0.25, -0.2) is 0 Å². The van der Waals surface area contributed by atoms with E-state index in [1.807, 2.05) is 79.7 Å². The van der Waals surface area contributed by atoms with Crippen molar-refractivity contribution in [2.45, 2.75) is 44.5 Å². The van der Waals surface area contributed by atoms with Crippen LogP contribution in [0, 0.1) is 0 Å². The molecule has 0 aromatic heterocycles. The molecule has 0 saturated heterocycles. The van der Waals surface area contributed by atoms with Crippen molar-refractivity contribution >= 4 is 5.91 Å². The van der Waals surface area contributed by atoms with Crippen LogP contribution in [0.15, 0.2) is 109 Å². The second-order valence-electron chi connectivity index (χ2n) is 9.38. The van der Waals surface area contributed by atoms with Gasteiger partial charge < -0.3 is 10.1 Å². The standard InChI is InChI=1S/C32H30F3NO2/c1-23(36-31(37)21-30(26-10-4-2-5-11-26)27-12-6-3-7-13-27)19-24-15-17-29(18-16-24)38-22-25-9-8-14-28(20-25)32(33,34)35/h2-18,20,23,30H,19,21-22H2,1H3,(H,36,37). The van der Waals surface area contributed by atoms with Crippen molar-refractivity contribution in [1.29, 1.82) is 0 Å². The summed E-state index contributed by atoms with van der Waals surface area (Å²) in [6, 6.07) is 32.5. The normalized spacial score (nSPS) is 12.2. The van der Waals surface area contributed by atoms with Crippen LogP contribution >= 0.6 is 0 Å². The molecule has 0 fully saturated rings. The molecule has 0 spiro atoms. The molecule has 0 radical (unpaired) electrons. The maximum absolute atomic E-state index is 13.0. The van der Waals surface area contributed by atoms with Crippen LogP contribution in [0.5, 0.6) is 5.75 Å². The van der Waals surface area contributed by atoms with Gasteiger partial charge in [-0.05, 0) is 59.9 Å². The van der Waals surface area contributed by atoms with Crippen LogP contribution in [0.1, 0.15) is 47.1 Å². The minimum atomic E-state index is -4.38. The number of ether oxygens (including phenoxy) is 1. The fourth-order valence-corrected chi connectivity index (χ4v) is 4.45. The minimum Gasteiger partial charge on any atom is -0.489 e. The molecule has 1 unspecified atom stereocenters. The molecule has 3 nitrogen and oxygen atoms in total. The Morgan fingerprint density at radius 3 is 1.97 bits per heavy atom. The summed E-state index contributed by atoms with van der Waals surface area (Å²) >= 11 is 0. The van der Waals surface area contributed by atoms with Crippen LogP contribution in [0.25, 0.3) is 0 Å². The summed E-state index contributed by atoms with van der Waals surface area (Å²) in [6.07, 6.45) is -3.39. The predicted molar refractivity (Wildman–Crippen MR) is 143 cm³/mol. The number of carbonyl (C=O) groups excluding carboxylic acids is 1. The van der Waals surface area contributed by atoms with Crippen LogP contribution in [0.4, 0.5) is 13.2 Å². The molecule has 0 aliphatic rings. The molecule has 196 valence electrons. The van der Waals surface area contributed by atoms with Crippen molar-refractivity contribution in [3.63, 3.8) is 0 Å². The Balaban J connectivity index is 1.30. The van der Waals surface area contributed by atoms with E-state index in [-0.39, 0.29) is 24.5 Å². The molecule has 0 aliphatic carbocycles. The van der Waals surface area contributed by atoms with Crippen LogP contribution < -0.4 is 10.1 Å². The average molecular weight is 518 g/mol. The number of amides is 1. The van der Waals surface area contributed by atoms with Gasteiger partial charge in [-0.15, -0.1) is 0 Å².